The minimum absolute atomic E-state index is 0.00431. The average Bonchev–Trinajstić information content (AvgIpc) is 1.60. The largest absolute Gasteiger partial charge is 0.416 e. The molecule has 0 unspecified atom stereocenters. The Labute approximate surface area is 742 Å². The zero-order chi connectivity index (χ0) is 104. The summed E-state index contributed by atoms with van der Waals surface area (Å²) in [7, 11) is 2.87. The highest BCUT2D eigenvalue weighted by Crippen LogP contribution is 2.50. The van der Waals surface area contributed by atoms with Gasteiger partial charge in [0.1, 0.15) is 11.8 Å². The number of alkyl halides is 32. The van der Waals surface area contributed by atoms with E-state index < -0.39 is 217 Å². The number of carbonyl (C=O) groups is 5. The second kappa shape index (κ2) is 42.8. The second-order valence-corrected chi connectivity index (χ2v) is 34.7. The lowest BCUT2D eigenvalue weighted by Crippen LogP contribution is -2.53. The molecule has 0 bridgehead atoms. The number of likely N-dealkylation sites (N-methyl/N-ethyl adjacent to an activating group) is 1. The minimum Gasteiger partial charge on any atom is -0.380 e. The third kappa shape index (κ3) is 34.9. The normalized spacial score (nSPS) is 15.6. The van der Waals surface area contributed by atoms with Crippen molar-refractivity contribution in [2.45, 2.75) is 262 Å². The van der Waals surface area contributed by atoms with Crippen molar-refractivity contribution >= 4 is 35.2 Å². The van der Waals surface area contributed by atoms with Crippen molar-refractivity contribution in [3.8, 4) is 0 Å². The van der Waals surface area contributed by atoms with E-state index in [0.717, 1.165) is 6.08 Å². The summed E-state index contributed by atoms with van der Waals surface area (Å²) in [6.07, 6.45) is -48.5. The lowest BCUT2D eigenvalue weighted by Gasteiger charge is -2.31. The van der Waals surface area contributed by atoms with Crippen LogP contribution in [0.4, 0.5) is 140 Å². The smallest absolute Gasteiger partial charge is 0.380 e. The lowest BCUT2D eigenvalue weighted by atomic mass is 9.89. The Kier molecular flexibility index (Phi) is 37.8. The summed E-state index contributed by atoms with van der Waals surface area (Å²) in [4.78, 5) is 64.7. The third-order valence-corrected chi connectivity index (χ3v) is 20.3. The van der Waals surface area contributed by atoms with Crippen LogP contribution in [0.5, 0.6) is 0 Å². The van der Waals surface area contributed by atoms with Crippen LogP contribution in [-0.2, 0) is 118 Å². The van der Waals surface area contributed by atoms with E-state index >= 15 is 0 Å². The Morgan fingerprint density at radius 1 is 0.361 bits per heavy atom. The molecule has 1 fully saturated rings. The summed E-state index contributed by atoms with van der Waals surface area (Å²) in [5.41, 5.74) is -7.14. The molecule has 0 radical (unpaired) electrons. The monoisotopic (exact) mass is 1960 g/mol. The Morgan fingerprint density at radius 3 is 0.820 bits per heavy atom. The number of nitrogens with two attached hydrogens (primary N) is 3. The molecule has 5 amide bonds. The summed E-state index contributed by atoms with van der Waals surface area (Å²) in [5.74, 6) is -6.69. The van der Waals surface area contributed by atoms with Gasteiger partial charge in [0.15, 0.2) is 0 Å². The molecular weight excluding hydrogens is 1860 g/mol. The van der Waals surface area contributed by atoms with E-state index in [0.29, 0.717) is 80.4 Å². The summed E-state index contributed by atoms with van der Waals surface area (Å²) in [6, 6.07) is 2.49. The zero-order valence-corrected chi connectivity index (χ0v) is 74.1. The number of halogens is 32. The van der Waals surface area contributed by atoms with Crippen molar-refractivity contribution in [3.05, 3.63) is 186 Å². The molecule has 0 spiro atoms. The molecule has 1 heterocycles. The number of nitrogens with one attached hydrogen (secondary N) is 6. The van der Waals surface area contributed by atoms with Gasteiger partial charge in [-0.25, -0.2) is 0 Å². The molecule has 1 aliphatic heterocycles. The molecule has 5 aromatic carbocycles. The maximum Gasteiger partial charge on any atom is 0.416 e. The summed E-state index contributed by atoms with van der Waals surface area (Å²) in [6.45, 7) is 23.1. The molecule has 750 valence electrons. The van der Waals surface area contributed by atoms with Gasteiger partial charge in [-0.15, -0.1) is 0 Å². The van der Waals surface area contributed by atoms with E-state index in [1.165, 1.54) is 69.4 Å². The number of aliphatic imine (C=N–C) groups is 1. The first-order valence-electron chi connectivity index (χ1n) is 39.6. The van der Waals surface area contributed by atoms with Crippen LogP contribution in [0.2, 0.25) is 0 Å². The minimum atomic E-state index is -5.01. The van der Waals surface area contributed by atoms with Crippen LogP contribution in [0.15, 0.2) is 108 Å². The molecule has 16 nitrogen and oxygen atoms in total. The SMILES string of the molecule is CC(C)C[C@@H](N)C(=O)NC(C)(C)c1cc(C(F)(F)F)cc(C(F)(F)F)c1.CC(C)[C@@H](N)C(=O)NC(C)(C)c1cc(C(F)(F)F)cc(C(F)(F)F)c1.CC(F)(F)C1=NCC(C(=O)NC2(c3cc(C(F)(F)F)cc(C(F)(F)F)c3)CC2)=C1.CN[C@H](CC(C)C)C(=O)NC(C)(C)c1cc(C(F)(F)F)cc(C(F)(F)F)c1.CO[C@@H](C)[C@@H](N)C(=O)NC(C)(C)c1cc(C(F)(F)F)cc(C(F)(F)F)c1. The fourth-order valence-corrected chi connectivity index (χ4v) is 12.2. The highest BCUT2D eigenvalue weighted by atomic mass is 19.4. The van der Waals surface area contributed by atoms with Crippen LogP contribution < -0.4 is 49.1 Å². The lowest BCUT2D eigenvalue weighted by molar-refractivity contribution is -0.144. The number of methoxy groups -OCH3 is 1. The standard InChI is InChI=1S/C18H14F8N2O.C18H24F6N2O.C17H22F6N2O.C16H20F6N2O2.C16H20F6N2O/c1-15(19,20)13-4-9(8-27-13)14(29)28-16(2-3-16)10-5-11(17(21,22)23)7-12(6-10)18(24,25)26;1-10(2)6-14(25-5)15(27)26-16(3,4)11-7-12(17(19,20)21)9-13(8-11)18(22,23)24;1-9(2)5-13(24)14(26)25-15(3,4)10-6-11(16(18,19)20)8-12(7-10)17(21,22)23;1-8(26-4)12(23)13(25)24-14(2,3)9-5-10(15(17,18)19)7-11(6-9)16(20,21)22;1-8(2)12(23)13(25)24-14(3,4)9-5-10(15(17,18)19)7-11(6-9)16(20,21)22/h4-7H,2-3,8H2,1H3,(H,28,29);7-10,14,25H,6H2,1-5H3,(H,26,27);6-9,13H,5,24H2,1-4H3,(H,25,26);5-8,12H,23H2,1-4H3,(H,24,25);5-8,12H,23H2,1-4H3,(H,24,25)/t;14-;13-;8-,12+;12-/m.1101/s1. The summed E-state index contributed by atoms with van der Waals surface area (Å²) in [5, 5.41) is 15.0. The second-order valence-electron chi connectivity index (χ2n) is 34.7. The van der Waals surface area contributed by atoms with Gasteiger partial charge in [0, 0.05) is 19.6 Å². The van der Waals surface area contributed by atoms with Crippen molar-refractivity contribution in [1.29, 1.82) is 0 Å². The van der Waals surface area contributed by atoms with Crippen LogP contribution in [0.1, 0.15) is 220 Å². The summed E-state index contributed by atoms with van der Waals surface area (Å²) >= 11 is 0. The Bertz CT molecular complexity index is 4740. The molecule has 48 heteroatoms. The van der Waals surface area contributed by atoms with Crippen molar-refractivity contribution in [2.75, 3.05) is 20.7 Å². The third-order valence-electron chi connectivity index (χ3n) is 20.3. The number of benzene rings is 5. The highest BCUT2D eigenvalue weighted by molar-refractivity contribution is 6.10. The topological polar surface area (TPSA) is 257 Å². The number of hydrogen-bond acceptors (Lipinski definition) is 11. The van der Waals surface area contributed by atoms with Crippen LogP contribution in [0.3, 0.4) is 0 Å². The van der Waals surface area contributed by atoms with E-state index in [4.69, 9.17) is 21.9 Å². The molecule has 1 saturated carbocycles. The molecule has 5 aromatic rings. The van der Waals surface area contributed by atoms with E-state index in [1.807, 2.05) is 27.7 Å². The molecule has 7 rings (SSSR count). The van der Waals surface area contributed by atoms with Crippen molar-refractivity contribution in [1.82, 2.24) is 31.9 Å². The molecule has 2 aliphatic rings. The van der Waals surface area contributed by atoms with Crippen LogP contribution in [-0.4, -0.2) is 92.1 Å². The number of allylic oxidation sites excluding steroid dienone is 1. The highest BCUT2D eigenvalue weighted by Gasteiger charge is 2.51. The molecule has 12 N–H and O–H groups in total. The van der Waals surface area contributed by atoms with Gasteiger partial charge in [-0.05, 0) is 238 Å². The average molecular weight is 1970 g/mol. The fraction of sp³-hybridized carbons (Fsp3) is 0.553. The maximum atomic E-state index is 13.3. The first kappa shape index (κ1) is 118. The van der Waals surface area contributed by atoms with Gasteiger partial charge in [0.25, 0.3) is 5.92 Å². The molecule has 133 heavy (non-hydrogen) atoms. The van der Waals surface area contributed by atoms with Crippen molar-refractivity contribution in [3.63, 3.8) is 0 Å². The predicted molar refractivity (Wildman–Crippen MR) is 424 cm³/mol. The first-order chi connectivity index (χ1) is 59.4. The van der Waals surface area contributed by atoms with Gasteiger partial charge in [0.05, 0.1) is 114 Å². The first-order valence-corrected chi connectivity index (χ1v) is 39.6. The number of carbonyl (C=O) groups excluding carboxylic acids is 5. The predicted octanol–water partition coefficient (Wildman–Crippen LogP) is 21.5. The van der Waals surface area contributed by atoms with Crippen molar-refractivity contribution in [2.24, 2.45) is 39.9 Å². The van der Waals surface area contributed by atoms with Gasteiger partial charge in [-0.1, -0.05) is 41.5 Å². The van der Waals surface area contributed by atoms with Crippen LogP contribution >= 0.6 is 0 Å². The van der Waals surface area contributed by atoms with E-state index in [9.17, 15) is 164 Å². The fourth-order valence-electron chi connectivity index (χ4n) is 12.2. The zero-order valence-electron chi connectivity index (χ0n) is 74.1. The van der Waals surface area contributed by atoms with Gasteiger partial charge in [-0.3, -0.25) is 29.0 Å². The van der Waals surface area contributed by atoms with Crippen LogP contribution in [0.25, 0.3) is 0 Å². The maximum absolute atomic E-state index is 13.3. The molecule has 0 saturated heterocycles. The van der Waals surface area contributed by atoms with E-state index in [2.05, 4.69) is 36.9 Å². The Morgan fingerprint density at radius 2 is 0.602 bits per heavy atom. The van der Waals surface area contributed by atoms with Gasteiger partial charge in [-0.2, -0.15) is 140 Å². The molecule has 0 aromatic heterocycles. The number of ether oxygens (including phenoxy) is 1. The summed E-state index contributed by atoms with van der Waals surface area (Å²) < 4.78 is 422. The van der Waals surface area contributed by atoms with E-state index in [-0.39, 0.29) is 101 Å². The Balaban J connectivity index is 0.000000429. The molecular formula is C85H100F32N10O6. The van der Waals surface area contributed by atoms with Crippen molar-refractivity contribution < 1.29 is 169 Å². The van der Waals surface area contributed by atoms with Gasteiger partial charge in [0.2, 0.25) is 29.5 Å². The Hall–Kier alpha value is -9.58. The van der Waals surface area contributed by atoms with Crippen LogP contribution in [0, 0.1) is 17.8 Å². The number of amides is 5. The molecule has 5 atom stereocenters. The molecule has 1 aliphatic carbocycles. The number of hydrogen-bond donors (Lipinski definition) is 9. The number of nitrogens with zero attached hydrogens (tertiary/aromatic N) is 1. The quantitative estimate of drug-likeness (QED) is 0.0264. The van der Waals surface area contributed by atoms with E-state index in [1.54, 1.807) is 20.9 Å². The van der Waals surface area contributed by atoms with Gasteiger partial charge < -0.3 is 53.8 Å². The number of rotatable bonds is 24. The van der Waals surface area contributed by atoms with Gasteiger partial charge >= 0.3 is 61.8 Å².